The number of benzene rings is 1. The van der Waals surface area contributed by atoms with Crippen molar-refractivity contribution in [3.05, 3.63) is 28.8 Å². The molecule has 5 heteroatoms. The van der Waals surface area contributed by atoms with Gasteiger partial charge in [0, 0.05) is 12.6 Å². The van der Waals surface area contributed by atoms with Gasteiger partial charge in [0.15, 0.2) is 6.61 Å². The predicted octanol–water partition coefficient (Wildman–Crippen LogP) is 3.77. The number of piperidine rings is 1. The van der Waals surface area contributed by atoms with Gasteiger partial charge in [-0.2, -0.15) is 5.26 Å². The number of halogens is 1. The summed E-state index contributed by atoms with van der Waals surface area (Å²) >= 11 is 6.09. The molecule has 1 saturated carbocycles. The van der Waals surface area contributed by atoms with Crippen molar-refractivity contribution in [1.29, 1.82) is 5.26 Å². The number of nitrogens with zero attached hydrogens (tertiary/aromatic N) is 2. The molecule has 1 aromatic rings. The van der Waals surface area contributed by atoms with Crippen LogP contribution in [0.15, 0.2) is 18.2 Å². The van der Waals surface area contributed by atoms with E-state index in [-0.39, 0.29) is 12.5 Å². The number of likely N-dealkylation sites (tertiary alicyclic amines) is 1. The summed E-state index contributed by atoms with van der Waals surface area (Å²) in [5, 5.41) is 9.21. The van der Waals surface area contributed by atoms with Crippen molar-refractivity contribution in [3.63, 3.8) is 0 Å². The van der Waals surface area contributed by atoms with E-state index >= 15 is 0 Å². The second kappa shape index (κ2) is 7.23. The van der Waals surface area contributed by atoms with E-state index in [2.05, 4.69) is 0 Å². The summed E-state index contributed by atoms with van der Waals surface area (Å²) in [5.41, 5.74) is 0.481. The van der Waals surface area contributed by atoms with E-state index in [9.17, 15) is 4.79 Å². The first-order chi connectivity index (χ1) is 11.2. The molecule has 2 fully saturated rings. The number of amides is 1. The zero-order valence-corrected chi connectivity index (χ0v) is 13.9. The Morgan fingerprint density at radius 3 is 2.87 bits per heavy atom. The van der Waals surface area contributed by atoms with Crippen LogP contribution in [0.25, 0.3) is 0 Å². The molecule has 3 rings (SSSR count). The molecule has 0 N–H and O–H groups in total. The number of hydrogen-bond donors (Lipinski definition) is 0. The zero-order chi connectivity index (χ0) is 16.2. The maximum absolute atomic E-state index is 12.6. The summed E-state index contributed by atoms with van der Waals surface area (Å²) in [6, 6.07) is 7.27. The minimum Gasteiger partial charge on any atom is -0.482 e. The lowest BCUT2D eigenvalue weighted by molar-refractivity contribution is -0.139. The van der Waals surface area contributed by atoms with Crippen molar-refractivity contribution in [2.75, 3.05) is 13.2 Å². The molecule has 1 aliphatic carbocycles. The minimum absolute atomic E-state index is 0.00877. The monoisotopic (exact) mass is 332 g/mol. The van der Waals surface area contributed by atoms with Crippen LogP contribution in [0.3, 0.4) is 0 Å². The molecule has 23 heavy (non-hydrogen) atoms. The molecule has 0 aromatic heterocycles. The summed E-state index contributed by atoms with van der Waals surface area (Å²) in [6.07, 6.45) is 7.21. The molecule has 4 nitrogen and oxygen atoms in total. The molecule has 2 aliphatic rings. The fourth-order valence-electron chi connectivity index (χ4n) is 3.84. The van der Waals surface area contributed by atoms with Gasteiger partial charge < -0.3 is 9.64 Å². The van der Waals surface area contributed by atoms with Gasteiger partial charge in [-0.05, 0) is 49.8 Å². The zero-order valence-electron chi connectivity index (χ0n) is 13.1. The van der Waals surface area contributed by atoms with Crippen LogP contribution in [-0.4, -0.2) is 30.0 Å². The van der Waals surface area contributed by atoms with Crippen molar-refractivity contribution in [3.8, 4) is 11.8 Å². The molecule has 0 radical (unpaired) electrons. The summed E-state index contributed by atoms with van der Waals surface area (Å²) in [7, 11) is 0. The minimum atomic E-state index is 0.00877. The van der Waals surface area contributed by atoms with Crippen molar-refractivity contribution >= 4 is 17.5 Å². The van der Waals surface area contributed by atoms with Gasteiger partial charge in [0.25, 0.3) is 5.91 Å². The second-order valence-electron chi connectivity index (χ2n) is 6.39. The predicted molar refractivity (Wildman–Crippen MR) is 88.4 cm³/mol. The Morgan fingerprint density at radius 2 is 2.09 bits per heavy atom. The number of carbonyl (C=O) groups is 1. The molecular weight excluding hydrogens is 312 g/mol. The van der Waals surface area contributed by atoms with Gasteiger partial charge in [-0.25, -0.2) is 0 Å². The molecule has 1 saturated heterocycles. The van der Waals surface area contributed by atoms with Gasteiger partial charge in [-0.15, -0.1) is 0 Å². The van der Waals surface area contributed by atoms with E-state index in [0.717, 1.165) is 19.4 Å². The lowest BCUT2D eigenvalue weighted by Crippen LogP contribution is -2.51. The lowest BCUT2D eigenvalue weighted by atomic mass is 9.78. The van der Waals surface area contributed by atoms with Crippen LogP contribution in [0.4, 0.5) is 0 Å². The summed E-state index contributed by atoms with van der Waals surface area (Å²) in [6.45, 7) is 0.847. The van der Waals surface area contributed by atoms with Crippen molar-refractivity contribution in [2.24, 2.45) is 5.92 Å². The molecule has 1 amide bonds. The summed E-state index contributed by atoms with van der Waals surface area (Å²) < 4.78 is 5.60. The highest BCUT2D eigenvalue weighted by Crippen LogP contribution is 2.35. The Morgan fingerprint density at radius 1 is 1.30 bits per heavy atom. The molecule has 2 unspecified atom stereocenters. The maximum atomic E-state index is 12.6. The van der Waals surface area contributed by atoms with Gasteiger partial charge in [0.05, 0.1) is 16.7 Å². The van der Waals surface area contributed by atoms with Crippen LogP contribution in [0.2, 0.25) is 5.02 Å². The Labute approximate surface area is 142 Å². The molecule has 0 spiro atoms. The molecule has 0 bridgehead atoms. The van der Waals surface area contributed by atoms with E-state index in [0.29, 0.717) is 28.3 Å². The number of nitriles is 1. The van der Waals surface area contributed by atoms with Gasteiger partial charge in [-0.1, -0.05) is 24.4 Å². The third kappa shape index (κ3) is 3.61. The molecule has 1 aromatic carbocycles. The van der Waals surface area contributed by atoms with Crippen molar-refractivity contribution in [2.45, 2.75) is 44.6 Å². The van der Waals surface area contributed by atoms with Crippen molar-refractivity contribution in [1.82, 2.24) is 4.90 Å². The highest BCUT2D eigenvalue weighted by molar-refractivity contribution is 6.32. The third-order valence-corrected chi connectivity index (χ3v) is 5.27. The number of carbonyl (C=O) groups excluding carboxylic acids is 1. The Kier molecular flexibility index (Phi) is 5.07. The van der Waals surface area contributed by atoms with E-state index in [1.54, 1.807) is 18.2 Å². The average molecular weight is 333 g/mol. The second-order valence-corrected chi connectivity index (χ2v) is 6.79. The normalized spacial score (nSPS) is 23.7. The van der Waals surface area contributed by atoms with Crippen LogP contribution >= 0.6 is 11.6 Å². The summed E-state index contributed by atoms with van der Waals surface area (Å²) in [5.74, 6) is 1.16. The molecule has 122 valence electrons. The van der Waals surface area contributed by atoms with Crippen LogP contribution in [0, 0.1) is 17.2 Å². The summed E-state index contributed by atoms with van der Waals surface area (Å²) in [4.78, 5) is 14.6. The van der Waals surface area contributed by atoms with E-state index < -0.39 is 0 Å². The average Bonchev–Trinajstić information content (AvgIpc) is 2.59. The first-order valence-electron chi connectivity index (χ1n) is 8.31. The molecular formula is C18H21ClN2O2. The van der Waals surface area contributed by atoms with Crippen LogP contribution in [-0.2, 0) is 4.79 Å². The van der Waals surface area contributed by atoms with Gasteiger partial charge >= 0.3 is 0 Å². The van der Waals surface area contributed by atoms with Crippen LogP contribution < -0.4 is 4.74 Å². The first-order valence-corrected chi connectivity index (χ1v) is 8.69. The number of rotatable bonds is 3. The Balaban J connectivity index is 1.61. The quantitative estimate of drug-likeness (QED) is 0.846. The smallest absolute Gasteiger partial charge is 0.260 e. The number of fused-ring (bicyclic) bond motifs is 1. The number of hydrogen-bond acceptors (Lipinski definition) is 3. The number of ether oxygens (including phenoxy) is 1. The third-order valence-electron chi connectivity index (χ3n) is 4.98. The van der Waals surface area contributed by atoms with E-state index in [1.165, 1.54) is 25.7 Å². The van der Waals surface area contributed by atoms with Crippen LogP contribution in [0.1, 0.15) is 44.1 Å². The highest BCUT2D eigenvalue weighted by atomic mass is 35.5. The fourth-order valence-corrected chi connectivity index (χ4v) is 4.08. The SMILES string of the molecule is N#Cc1ccc(OCC(=O)N2CCCC3CCCCC32)c(Cl)c1. The Bertz CT molecular complexity index is 624. The van der Waals surface area contributed by atoms with Gasteiger partial charge in [-0.3, -0.25) is 4.79 Å². The van der Waals surface area contributed by atoms with E-state index in [4.69, 9.17) is 21.6 Å². The van der Waals surface area contributed by atoms with Gasteiger partial charge in [0.1, 0.15) is 5.75 Å². The first kappa shape index (κ1) is 16.1. The lowest BCUT2D eigenvalue weighted by Gasteiger charge is -2.44. The largest absolute Gasteiger partial charge is 0.482 e. The standard InChI is InChI=1S/C18H21ClN2O2/c19-15-10-13(11-20)7-8-17(15)23-12-18(22)21-9-3-5-14-4-1-2-6-16(14)21/h7-8,10,14,16H,1-6,9,12H2. The van der Waals surface area contributed by atoms with Crippen molar-refractivity contribution < 1.29 is 9.53 Å². The Hall–Kier alpha value is -1.73. The molecule has 2 atom stereocenters. The molecule has 1 aliphatic heterocycles. The van der Waals surface area contributed by atoms with Crippen LogP contribution in [0.5, 0.6) is 5.75 Å². The molecule has 1 heterocycles. The maximum Gasteiger partial charge on any atom is 0.260 e. The topological polar surface area (TPSA) is 53.3 Å². The van der Waals surface area contributed by atoms with Gasteiger partial charge in [0.2, 0.25) is 0 Å². The van der Waals surface area contributed by atoms with E-state index in [1.807, 2.05) is 11.0 Å². The fraction of sp³-hybridized carbons (Fsp3) is 0.556. The highest BCUT2D eigenvalue weighted by Gasteiger charge is 2.35.